The number of nitrogens with one attached hydrogen (secondary N) is 2. The highest BCUT2D eigenvalue weighted by Crippen LogP contribution is 2.29. The Morgan fingerprint density at radius 3 is 2.63 bits per heavy atom. The summed E-state index contributed by atoms with van der Waals surface area (Å²) in [5.41, 5.74) is 1.74. The molecule has 1 fully saturated rings. The molecule has 2 aromatic carbocycles. The number of carbonyl (C=O) groups is 4. The van der Waals surface area contributed by atoms with Crippen LogP contribution < -0.4 is 10.6 Å². The Balaban J connectivity index is 1.46. The van der Waals surface area contributed by atoms with Crippen molar-refractivity contribution in [1.82, 2.24) is 14.8 Å². The fraction of sp³-hybridized carbons (Fsp3) is 0.276. The zero-order valence-electron chi connectivity index (χ0n) is 22.0. The second-order valence-corrected chi connectivity index (χ2v) is 10.2. The summed E-state index contributed by atoms with van der Waals surface area (Å²) in [6.45, 7) is 2.30. The number of fused-ring (bicyclic) bond motifs is 1. The molecule has 5 rings (SSSR count). The van der Waals surface area contributed by atoms with Gasteiger partial charge in [0.05, 0.1) is 42.3 Å². The lowest BCUT2D eigenvalue weighted by Crippen LogP contribution is -2.46. The van der Waals surface area contributed by atoms with Crippen LogP contribution in [0.25, 0.3) is 0 Å². The van der Waals surface area contributed by atoms with Crippen LogP contribution in [0.2, 0.25) is 5.02 Å². The van der Waals surface area contributed by atoms with Gasteiger partial charge >= 0.3 is 5.97 Å². The van der Waals surface area contributed by atoms with Crippen molar-refractivity contribution in [3.05, 3.63) is 88.2 Å². The molecule has 3 aromatic rings. The van der Waals surface area contributed by atoms with Crippen LogP contribution in [0.5, 0.6) is 0 Å². The molecule has 3 heterocycles. The zero-order valence-corrected chi connectivity index (χ0v) is 22.8. The molecule has 12 heteroatoms. The third-order valence-electron chi connectivity index (χ3n) is 6.95. The molecule has 2 aliphatic rings. The SMILES string of the molecule is O=C(CN1CCOCC1)Nc1cc(CN2C(=O)c3ccc(Cl)cc3NC(=O)[C@H]2Cc2ccccn2)ccc1C(=O)O. The van der Waals surface area contributed by atoms with Crippen LogP contribution in [-0.2, 0) is 27.3 Å². The number of nitrogens with zero attached hydrogens (tertiary/aromatic N) is 3. The summed E-state index contributed by atoms with van der Waals surface area (Å²) in [5, 5.41) is 15.6. The number of carboxylic acid groups (broad SMARTS) is 1. The van der Waals surface area contributed by atoms with Gasteiger partial charge in [0.1, 0.15) is 6.04 Å². The second kappa shape index (κ2) is 12.5. The van der Waals surface area contributed by atoms with E-state index < -0.39 is 23.8 Å². The van der Waals surface area contributed by atoms with Crippen molar-refractivity contribution in [2.24, 2.45) is 0 Å². The van der Waals surface area contributed by atoms with Crippen molar-refractivity contribution in [3.63, 3.8) is 0 Å². The summed E-state index contributed by atoms with van der Waals surface area (Å²) >= 11 is 6.14. The van der Waals surface area contributed by atoms with Gasteiger partial charge in [-0.1, -0.05) is 23.7 Å². The van der Waals surface area contributed by atoms with E-state index in [4.69, 9.17) is 16.3 Å². The van der Waals surface area contributed by atoms with Crippen LogP contribution in [0.4, 0.5) is 11.4 Å². The quantitative estimate of drug-likeness (QED) is 0.371. The first-order chi connectivity index (χ1) is 19.8. The van der Waals surface area contributed by atoms with Gasteiger partial charge in [0.15, 0.2) is 0 Å². The normalized spacial score (nSPS) is 17.4. The molecule has 2 aliphatic heterocycles. The Labute approximate surface area is 241 Å². The van der Waals surface area contributed by atoms with Gasteiger partial charge in [0.2, 0.25) is 11.8 Å². The molecule has 1 aromatic heterocycles. The van der Waals surface area contributed by atoms with E-state index in [1.54, 1.807) is 42.6 Å². The number of morpholine rings is 1. The first-order valence-corrected chi connectivity index (χ1v) is 13.4. The molecule has 1 atom stereocenters. The summed E-state index contributed by atoms with van der Waals surface area (Å²) in [6.07, 6.45) is 1.76. The van der Waals surface area contributed by atoms with E-state index >= 15 is 0 Å². The number of anilines is 2. The third kappa shape index (κ3) is 6.71. The first kappa shape index (κ1) is 28.2. The molecule has 1 saturated heterocycles. The first-order valence-electron chi connectivity index (χ1n) is 13.1. The van der Waals surface area contributed by atoms with Crippen molar-refractivity contribution < 1.29 is 29.0 Å². The maximum atomic E-state index is 13.8. The smallest absolute Gasteiger partial charge is 0.337 e. The molecular formula is C29H28ClN5O6. The number of ether oxygens (including phenoxy) is 1. The van der Waals surface area contributed by atoms with Crippen LogP contribution >= 0.6 is 11.6 Å². The summed E-state index contributed by atoms with van der Waals surface area (Å²) in [5.74, 6) is -2.39. The van der Waals surface area contributed by atoms with Crippen LogP contribution in [0.3, 0.4) is 0 Å². The average molecular weight is 578 g/mol. The van der Waals surface area contributed by atoms with Gasteiger partial charge in [0, 0.05) is 43.0 Å². The average Bonchev–Trinajstić information content (AvgIpc) is 3.04. The summed E-state index contributed by atoms with van der Waals surface area (Å²) < 4.78 is 5.31. The lowest BCUT2D eigenvalue weighted by molar-refractivity contribution is -0.120. The van der Waals surface area contributed by atoms with Gasteiger partial charge in [-0.2, -0.15) is 0 Å². The number of rotatable bonds is 8. The van der Waals surface area contributed by atoms with Crippen molar-refractivity contribution in [2.45, 2.75) is 19.0 Å². The van der Waals surface area contributed by atoms with E-state index in [-0.39, 0.29) is 42.2 Å². The van der Waals surface area contributed by atoms with Crippen molar-refractivity contribution in [2.75, 3.05) is 43.5 Å². The lowest BCUT2D eigenvalue weighted by atomic mass is 10.0. The largest absolute Gasteiger partial charge is 0.478 e. The minimum Gasteiger partial charge on any atom is -0.478 e. The Morgan fingerprint density at radius 2 is 1.90 bits per heavy atom. The maximum Gasteiger partial charge on any atom is 0.337 e. The minimum absolute atomic E-state index is 0.0297. The Morgan fingerprint density at radius 1 is 1.10 bits per heavy atom. The van der Waals surface area contributed by atoms with Crippen molar-refractivity contribution in [3.8, 4) is 0 Å². The van der Waals surface area contributed by atoms with E-state index in [0.717, 1.165) is 0 Å². The number of aromatic carboxylic acids is 1. The second-order valence-electron chi connectivity index (χ2n) is 9.77. The molecule has 0 radical (unpaired) electrons. The standard InChI is InChI=1S/C29H28ClN5O6/c30-19-5-7-21-24(14-19)33-27(37)25(15-20-3-1-2-8-31-20)35(28(21)38)16-18-4-6-22(29(39)40)23(13-18)32-26(36)17-34-9-11-41-12-10-34/h1-8,13-14,25H,9-12,15-17H2,(H,32,36)(H,33,37)(H,39,40)/t25-/m1/s1. The van der Waals surface area contributed by atoms with Gasteiger partial charge in [0.25, 0.3) is 5.91 Å². The topological polar surface area (TPSA) is 141 Å². The van der Waals surface area contributed by atoms with E-state index in [1.165, 1.54) is 23.1 Å². The van der Waals surface area contributed by atoms with Gasteiger partial charge < -0.3 is 25.4 Å². The molecule has 212 valence electrons. The van der Waals surface area contributed by atoms with Gasteiger partial charge in [-0.05, 0) is 48.0 Å². The number of benzene rings is 2. The van der Waals surface area contributed by atoms with Crippen molar-refractivity contribution >= 4 is 46.7 Å². The molecule has 0 aliphatic carbocycles. The Hall–Kier alpha value is -4.32. The molecule has 0 bridgehead atoms. The molecule has 3 N–H and O–H groups in total. The Bertz CT molecular complexity index is 1480. The predicted molar refractivity (Wildman–Crippen MR) is 151 cm³/mol. The fourth-order valence-electron chi connectivity index (χ4n) is 4.89. The number of carboxylic acids is 1. The molecule has 3 amide bonds. The molecule has 0 spiro atoms. The number of carbonyl (C=O) groups excluding carboxylic acids is 3. The highest BCUT2D eigenvalue weighted by Gasteiger charge is 2.36. The molecule has 41 heavy (non-hydrogen) atoms. The van der Waals surface area contributed by atoms with E-state index in [1.807, 2.05) is 4.90 Å². The highest BCUT2D eigenvalue weighted by molar-refractivity contribution is 6.31. The van der Waals surface area contributed by atoms with Crippen LogP contribution in [-0.4, -0.2) is 82.5 Å². The number of aromatic nitrogens is 1. The zero-order chi connectivity index (χ0) is 28.9. The minimum atomic E-state index is -1.21. The summed E-state index contributed by atoms with van der Waals surface area (Å²) in [4.78, 5) is 59.7. The molecular weight excluding hydrogens is 550 g/mol. The van der Waals surface area contributed by atoms with Gasteiger partial charge in [-0.15, -0.1) is 0 Å². The van der Waals surface area contributed by atoms with E-state index in [2.05, 4.69) is 15.6 Å². The molecule has 11 nitrogen and oxygen atoms in total. The lowest BCUT2D eigenvalue weighted by Gasteiger charge is -2.29. The van der Waals surface area contributed by atoms with Crippen molar-refractivity contribution in [1.29, 1.82) is 0 Å². The summed E-state index contributed by atoms with van der Waals surface area (Å²) in [7, 11) is 0. The Kier molecular flexibility index (Phi) is 8.58. The third-order valence-corrected chi connectivity index (χ3v) is 7.19. The van der Waals surface area contributed by atoms with Gasteiger partial charge in [-0.25, -0.2) is 4.79 Å². The van der Waals surface area contributed by atoms with Crippen LogP contribution in [0.15, 0.2) is 60.8 Å². The molecule has 0 unspecified atom stereocenters. The number of hydrogen-bond donors (Lipinski definition) is 3. The van der Waals surface area contributed by atoms with E-state index in [0.29, 0.717) is 48.3 Å². The maximum absolute atomic E-state index is 13.8. The highest BCUT2D eigenvalue weighted by atomic mass is 35.5. The number of halogens is 1. The molecule has 0 saturated carbocycles. The fourth-order valence-corrected chi connectivity index (χ4v) is 5.06. The monoisotopic (exact) mass is 577 g/mol. The van der Waals surface area contributed by atoms with Crippen LogP contribution in [0.1, 0.15) is 32.0 Å². The number of hydrogen-bond acceptors (Lipinski definition) is 7. The van der Waals surface area contributed by atoms with Crippen LogP contribution in [0, 0.1) is 0 Å². The predicted octanol–water partition coefficient (Wildman–Crippen LogP) is 2.91. The number of pyridine rings is 1. The summed E-state index contributed by atoms with van der Waals surface area (Å²) in [6, 6.07) is 13.5. The van der Waals surface area contributed by atoms with Gasteiger partial charge in [-0.3, -0.25) is 24.3 Å². The number of amides is 3. The van der Waals surface area contributed by atoms with E-state index in [9.17, 15) is 24.3 Å².